The minimum atomic E-state index is -0.376. The van der Waals surface area contributed by atoms with Gasteiger partial charge in [-0.3, -0.25) is 9.59 Å². The van der Waals surface area contributed by atoms with Gasteiger partial charge in [-0.25, -0.2) is 4.98 Å². The van der Waals surface area contributed by atoms with Gasteiger partial charge in [0, 0.05) is 24.0 Å². The summed E-state index contributed by atoms with van der Waals surface area (Å²) in [6.45, 7) is 6.71. The molecule has 1 aliphatic heterocycles. The topological polar surface area (TPSA) is 62.3 Å². The molecule has 0 bridgehead atoms. The van der Waals surface area contributed by atoms with Gasteiger partial charge in [0.15, 0.2) is 0 Å². The third-order valence-corrected chi connectivity index (χ3v) is 4.73. The molecule has 0 aromatic carbocycles. The van der Waals surface area contributed by atoms with E-state index in [9.17, 15) is 9.59 Å². The molecule has 1 saturated heterocycles. The van der Waals surface area contributed by atoms with Crippen molar-refractivity contribution in [2.45, 2.75) is 39.7 Å². The highest BCUT2D eigenvalue weighted by Gasteiger charge is 2.35. The van der Waals surface area contributed by atoms with Crippen LogP contribution in [0.1, 0.15) is 31.0 Å². The summed E-state index contributed by atoms with van der Waals surface area (Å²) in [6, 6.07) is -0.376. The van der Waals surface area contributed by atoms with E-state index in [0.29, 0.717) is 13.0 Å². The van der Waals surface area contributed by atoms with Crippen LogP contribution in [0.3, 0.4) is 0 Å². The van der Waals surface area contributed by atoms with Gasteiger partial charge in [-0.15, -0.1) is 11.3 Å². The molecular formula is C14H21N3O2S. The number of nitrogens with zero attached hydrogens (tertiary/aromatic N) is 2. The number of aromatic nitrogens is 1. The number of amides is 2. The summed E-state index contributed by atoms with van der Waals surface area (Å²) in [5, 5.41) is 5.82. The van der Waals surface area contributed by atoms with Gasteiger partial charge in [0.1, 0.15) is 6.04 Å². The predicted octanol–water partition coefficient (Wildman–Crippen LogP) is 1.37. The lowest BCUT2D eigenvalue weighted by atomic mass is 9.96. The van der Waals surface area contributed by atoms with Crippen molar-refractivity contribution < 1.29 is 9.59 Å². The summed E-state index contributed by atoms with van der Waals surface area (Å²) >= 11 is 1.60. The Bertz CT molecular complexity index is 500. The van der Waals surface area contributed by atoms with Crippen LogP contribution in [-0.2, 0) is 16.0 Å². The summed E-state index contributed by atoms with van der Waals surface area (Å²) in [5.41, 5.74) is 1.00. The van der Waals surface area contributed by atoms with Gasteiger partial charge in [0.05, 0.1) is 11.6 Å². The molecule has 1 N–H and O–H groups in total. The second kappa shape index (κ2) is 6.35. The SMILES string of the molecule is CCC(C)C1NC(=O)CN(CCc2nc(C)cs2)C1=O. The van der Waals surface area contributed by atoms with Crippen molar-refractivity contribution in [2.75, 3.05) is 13.1 Å². The van der Waals surface area contributed by atoms with E-state index in [4.69, 9.17) is 0 Å². The highest BCUT2D eigenvalue weighted by Crippen LogP contribution is 2.16. The van der Waals surface area contributed by atoms with E-state index >= 15 is 0 Å². The largest absolute Gasteiger partial charge is 0.342 e. The number of thiazole rings is 1. The highest BCUT2D eigenvalue weighted by atomic mass is 32.1. The zero-order valence-electron chi connectivity index (χ0n) is 12.2. The molecule has 2 atom stereocenters. The molecule has 6 heteroatoms. The van der Waals surface area contributed by atoms with Gasteiger partial charge in [-0.1, -0.05) is 20.3 Å². The fourth-order valence-electron chi connectivity index (χ4n) is 2.29. The maximum absolute atomic E-state index is 12.4. The zero-order valence-corrected chi connectivity index (χ0v) is 13.0. The van der Waals surface area contributed by atoms with E-state index in [1.807, 2.05) is 26.2 Å². The van der Waals surface area contributed by atoms with Crippen molar-refractivity contribution in [3.05, 3.63) is 16.1 Å². The molecule has 1 aromatic rings. The fraction of sp³-hybridized carbons (Fsp3) is 0.643. The number of aryl methyl sites for hydroxylation is 1. The van der Waals surface area contributed by atoms with E-state index in [-0.39, 0.29) is 30.3 Å². The Morgan fingerprint density at radius 3 is 2.90 bits per heavy atom. The van der Waals surface area contributed by atoms with Crippen molar-refractivity contribution >= 4 is 23.2 Å². The van der Waals surface area contributed by atoms with Gasteiger partial charge in [0.25, 0.3) is 0 Å². The third kappa shape index (κ3) is 3.36. The summed E-state index contributed by atoms with van der Waals surface area (Å²) in [6.07, 6.45) is 1.58. The van der Waals surface area contributed by atoms with Crippen molar-refractivity contribution in [3.8, 4) is 0 Å². The average molecular weight is 295 g/mol. The molecule has 2 amide bonds. The molecule has 1 aromatic heterocycles. The van der Waals surface area contributed by atoms with E-state index < -0.39 is 0 Å². The van der Waals surface area contributed by atoms with E-state index in [0.717, 1.165) is 17.1 Å². The highest BCUT2D eigenvalue weighted by molar-refractivity contribution is 7.09. The Morgan fingerprint density at radius 1 is 1.55 bits per heavy atom. The third-order valence-electron chi connectivity index (χ3n) is 3.70. The van der Waals surface area contributed by atoms with Gasteiger partial charge < -0.3 is 10.2 Å². The van der Waals surface area contributed by atoms with E-state index in [1.54, 1.807) is 16.2 Å². The first-order chi connectivity index (χ1) is 9.51. The number of carbonyl (C=O) groups is 2. The molecule has 5 nitrogen and oxygen atoms in total. The van der Waals surface area contributed by atoms with Crippen LogP contribution < -0.4 is 5.32 Å². The van der Waals surface area contributed by atoms with Crippen LogP contribution >= 0.6 is 11.3 Å². The Hall–Kier alpha value is -1.43. The molecule has 1 aliphatic rings. The minimum Gasteiger partial charge on any atom is -0.342 e. The monoisotopic (exact) mass is 295 g/mol. The lowest BCUT2D eigenvalue weighted by Gasteiger charge is -2.35. The van der Waals surface area contributed by atoms with Crippen LogP contribution in [0.2, 0.25) is 0 Å². The Kier molecular flexibility index (Phi) is 4.75. The standard InChI is InChI=1S/C14H21N3O2S/c1-4-9(2)13-14(19)17(7-11(18)16-13)6-5-12-15-10(3)8-20-12/h8-9,13H,4-7H2,1-3H3,(H,16,18). The molecule has 2 rings (SSSR count). The number of hydrogen-bond acceptors (Lipinski definition) is 4. The lowest BCUT2D eigenvalue weighted by molar-refractivity contribution is -0.145. The second-order valence-corrected chi connectivity index (χ2v) is 6.27. The number of carbonyl (C=O) groups excluding carboxylic acids is 2. The molecule has 0 spiro atoms. The van der Waals surface area contributed by atoms with Crippen LogP contribution in [0.5, 0.6) is 0 Å². The number of piperazine rings is 1. The normalized spacial score (nSPS) is 20.9. The van der Waals surface area contributed by atoms with E-state index in [1.165, 1.54) is 0 Å². The fourth-order valence-corrected chi connectivity index (χ4v) is 3.05. The van der Waals surface area contributed by atoms with Crippen LogP contribution in [0, 0.1) is 12.8 Å². The van der Waals surface area contributed by atoms with Crippen LogP contribution in [0.15, 0.2) is 5.38 Å². The predicted molar refractivity (Wildman–Crippen MR) is 78.5 cm³/mol. The molecule has 0 saturated carbocycles. The first-order valence-electron chi connectivity index (χ1n) is 7.00. The van der Waals surface area contributed by atoms with Crippen LogP contribution in [-0.4, -0.2) is 40.8 Å². The van der Waals surface area contributed by atoms with Gasteiger partial charge >= 0.3 is 0 Å². The summed E-state index contributed by atoms with van der Waals surface area (Å²) in [4.78, 5) is 30.2. The number of hydrogen-bond donors (Lipinski definition) is 1. The number of nitrogens with one attached hydrogen (secondary N) is 1. The smallest absolute Gasteiger partial charge is 0.245 e. The van der Waals surface area contributed by atoms with Crippen molar-refractivity contribution in [2.24, 2.45) is 5.92 Å². The number of rotatable bonds is 5. The maximum Gasteiger partial charge on any atom is 0.245 e. The van der Waals surface area contributed by atoms with Crippen molar-refractivity contribution in [3.63, 3.8) is 0 Å². The second-order valence-electron chi connectivity index (χ2n) is 5.32. The molecule has 110 valence electrons. The molecular weight excluding hydrogens is 274 g/mol. The van der Waals surface area contributed by atoms with Gasteiger partial charge in [-0.2, -0.15) is 0 Å². The van der Waals surface area contributed by atoms with Crippen LogP contribution in [0.25, 0.3) is 0 Å². The van der Waals surface area contributed by atoms with Gasteiger partial charge in [-0.05, 0) is 12.8 Å². The Morgan fingerprint density at radius 2 is 2.30 bits per heavy atom. The summed E-state index contributed by atoms with van der Waals surface area (Å²) in [7, 11) is 0. The molecule has 0 aliphatic carbocycles. The minimum absolute atomic E-state index is 0.0345. The summed E-state index contributed by atoms with van der Waals surface area (Å²) in [5.74, 6) is 0.133. The first kappa shape index (κ1) is 15.0. The Balaban J connectivity index is 1.99. The molecule has 2 heterocycles. The lowest BCUT2D eigenvalue weighted by Crippen LogP contribution is -2.60. The molecule has 20 heavy (non-hydrogen) atoms. The molecule has 1 fully saturated rings. The van der Waals surface area contributed by atoms with Crippen molar-refractivity contribution in [1.29, 1.82) is 0 Å². The quantitative estimate of drug-likeness (QED) is 0.892. The van der Waals surface area contributed by atoms with Gasteiger partial charge in [0.2, 0.25) is 11.8 Å². The molecule has 2 unspecified atom stereocenters. The van der Waals surface area contributed by atoms with Crippen LogP contribution in [0.4, 0.5) is 0 Å². The Labute approximate surface area is 123 Å². The van der Waals surface area contributed by atoms with E-state index in [2.05, 4.69) is 10.3 Å². The average Bonchev–Trinajstić information content (AvgIpc) is 2.84. The van der Waals surface area contributed by atoms with Crippen molar-refractivity contribution in [1.82, 2.24) is 15.2 Å². The summed E-state index contributed by atoms with van der Waals surface area (Å²) < 4.78 is 0. The zero-order chi connectivity index (χ0) is 14.7. The first-order valence-corrected chi connectivity index (χ1v) is 7.88. The maximum atomic E-state index is 12.4. The molecule has 0 radical (unpaired) electrons.